The van der Waals surface area contributed by atoms with Crippen molar-refractivity contribution >= 4 is 11.4 Å². The van der Waals surface area contributed by atoms with Crippen molar-refractivity contribution in [2.24, 2.45) is 16.1 Å². The Labute approximate surface area is 198 Å². The van der Waals surface area contributed by atoms with Crippen molar-refractivity contribution in [3.8, 4) is 16.9 Å². The number of hydrogen-bond acceptors (Lipinski definition) is 5. The van der Waals surface area contributed by atoms with Crippen LogP contribution in [0.1, 0.15) is 46.2 Å². The van der Waals surface area contributed by atoms with E-state index in [1.54, 1.807) is 36.0 Å². The van der Waals surface area contributed by atoms with Gasteiger partial charge in [-0.25, -0.2) is 9.37 Å². The summed E-state index contributed by atoms with van der Waals surface area (Å²) < 4.78 is 36.5. The van der Waals surface area contributed by atoms with Crippen LogP contribution >= 0.6 is 0 Å². The Morgan fingerprint density at radius 3 is 2.59 bits per heavy atom. The summed E-state index contributed by atoms with van der Waals surface area (Å²) in [6.07, 6.45) is 4.35. The number of allylic oxidation sites excluding steroid dienone is 1. The number of pyridine rings is 1. The van der Waals surface area contributed by atoms with Gasteiger partial charge in [-0.2, -0.15) is 4.39 Å². The van der Waals surface area contributed by atoms with Gasteiger partial charge in [-0.3, -0.25) is 4.99 Å². The molecule has 0 amide bonds. The molecule has 1 aromatic carbocycles. The average molecular weight is 471 g/mol. The van der Waals surface area contributed by atoms with E-state index < -0.39 is 11.6 Å². The summed E-state index contributed by atoms with van der Waals surface area (Å²) in [4.78, 5) is 8.49. The van der Waals surface area contributed by atoms with Crippen LogP contribution in [0, 0.1) is 17.0 Å². The zero-order valence-electron chi connectivity index (χ0n) is 20.3. The topological polar surface area (TPSA) is 85.1 Å². The molecule has 0 unspecified atom stereocenters. The first-order valence-electron chi connectivity index (χ1n) is 11.1. The smallest absolute Gasteiger partial charge is 0.201 e. The molecule has 0 fully saturated rings. The van der Waals surface area contributed by atoms with Crippen LogP contribution in [0.2, 0.25) is 0 Å². The summed E-state index contributed by atoms with van der Waals surface area (Å²) in [7, 11) is 1.69. The van der Waals surface area contributed by atoms with Gasteiger partial charge in [-0.1, -0.05) is 20.8 Å². The minimum absolute atomic E-state index is 0.00849. The molecule has 2 heterocycles. The molecular weight excluding hydrogens is 438 g/mol. The number of aliphatic imine (C=N–C) groups is 1. The summed E-state index contributed by atoms with van der Waals surface area (Å²) in [5, 5.41) is 9.55. The van der Waals surface area contributed by atoms with E-state index in [2.05, 4.69) is 30.7 Å². The van der Waals surface area contributed by atoms with Gasteiger partial charge in [0.2, 0.25) is 5.82 Å². The molecule has 8 heteroatoms. The molecule has 0 spiro atoms. The number of nitrogens with two attached hydrogens (primary N) is 1. The van der Waals surface area contributed by atoms with Gasteiger partial charge in [-0.15, -0.1) is 0 Å². The predicted molar refractivity (Wildman–Crippen MR) is 131 cm³/mol. The fraction of sp³-hybridized carbons (Fsp3) is 0.385. The lowest BCUT2D eigenvalue weighted by Crippen LogP contribution is -2.17. The number of rotatable bonds is 8. The Kier molecular flexibility index (Phi) is 7.71. The molecule has 3 rings (SSSR count). The van der Waals surface area contributed by atoms with Gasteiger partial charge in [0, 0.05) is 42.2 Å². The molecule has 6 nitrogen and oxygen atoms in total. The van der Waals surface area contributed by atoms with E-state index >= 15 is 0 Å². The third-order valence-electron chi connectivity index (χ3n) is 5.58. The predicted octanol–water partition coefficient (Wildman–Crippen LogP) is 5.28. The Morgan fingerprint density at radius 2 is 1.94 bits per heavy atom. The van der Waals surface area contributed by atoms with Crippen LogP contribution in [0.25, 0.3) is 16.8 Å². The second-order valence-corrected chi connectivity index (χ2v) is 9.44. The van der Waals surface area contributed by atoms with Gasteiger partial charge in [0.25, 0.3) is 0 Å². The zero-order chi connectivity index (χ0) is 25.0. The maximum Gasteiger partial charge on any atom is 0.201 e. The number of imidazole rings is 1. The number of nitrogens with zero attached hydrogens (tertiary/aromatic N) is 3. The van der Waals surface area contributed by atoms with Gasteiger partial charge in [0.15, 0.2) is 11.6 Å². The number of hydrogen-bond donors (Lipinski definition) is 2. The maximum absolute atomic E-state index is 14.9. The zero-order valence-corrected chi connectivity index (χ0v) is 20.3. The van der Waals surface area contributed by atoms with Crippen LogP contribution in [0.4, 0.5) is 8.78 Å². The molecule has 0 bridgehead atoms. The number of benzene rings is 1. The summed E-state index contributed by atoms with van der Waals surface area (Å²) in [6, 6.07) is 6.05. The van der Waals surface area contributed by atoms with Crippen molar-refractivity contribution in [3.05, 3.63) is 65.3 Å². The summed E-state index contributed by atoms with van der Waals surface area (Å²) in [5.74, 6) is -2.22. The molecule has 0 aliphatic rings. The van der Waals surface area contributed by atoms with Crippen LogP contribution in [0.3, 0.4) is 0 Å². The van der Waals surface area contributed by atoms with E-state index in [4.69, 9.17) is 10.5 Å². The lowest BCUT2D eigenvalue weighted by Gasteiger charge is -2.21. The van der Waals surface area contributed by atoms with Crippen LogP contribution in [0.5, 0.6) is 5.75 Å². The number of fused-ring (bicyclic) bond motifs is 1. The van der Waals surface area contributed by atoms with Gasteiger partial charge >= 0.3 is 0 Å². The highest BCUT2D eigenvalue weighted by atomic mass is 19.2. The first-order valence-corrected chi connectivity index (χ1v) is 11.1. The molecular formula is C26H32F2N4O2. The van der Waals surface area contributed by atoms with E-state index in [1.807, 2.05) is 6.92 Å². The number of aliphatic hydroxyl groups excluding tert-OH is 1. The van der Waals surface area contributed by atoms with Gasteiger partial charge < -0.3 is 20.0 Å². The minimum atomic E-state index is -1.06. The Bertz CT molecular complexity index is 1240. The van der Waals surface area contributed by atoms with E-state index in [9.17, 15) is 13.9 Å². The van der Waals surface area contributed by atoms with Crippen molar-refractivity contribution < 1.29 is 18.6 Å². The fourth-order valence-corrected chi connectivity index (χ4v) is 3.85. The highest BCUT2D eigenvalue weighted by Crippen LogP contribution is 2.35. The molecule has 0 atom stereocenters. The third kappa shape index (κ3) is 5.62. The summed E-state index contributed by atoms with van der Waals surface area (Å²) >= 11 is 0. The monoisotopic (exact) mass is 470 g/mol. The quantitative estimate of drug-likeness (QED) is 0.439. The molecule has 0 saturated carbocycles. The second kappa shape index (κ2) is 10.3. The second-order valence-electron chi connectivity index (χ2n) is 9.44. The highest BCUT2D eigenvalue weighted by Gasteiger charge is 2.19. The maximum atomic E-state index is 14.9. The number of ether oxygens (including phenoxy) is 1. The van der Waals surface area contributed by atoms with E-state index in [-0.39, 0.29) is 24.4 Å². The Hall–Kier alpha value is -3.26. The number of halogens is 2. The Balaban J connectivity index is 1.93. The van der Waals surface area contributed by atoms with E-state index in [1.165, 1.54) is 6.07 Å². The van der Waals surface area contributed by atoms with Crippen LogP contribution < -0.4 is 10.5 Å². The standard InChI is InChI=1S/C26H32F2N4O2/c1-16(30-5)19(22(29)12-26(2,3)4)10-11-34-25-20(7-8-21(27)24(25)28)17-6-9-23-31-13-18(15-33)32(23)14-17/h6-9,13-14,33H,10-12,15,29H2,1-5H3/b22-19-,30-16?. The lowest BCUT2D eigenvalue weighted by atomic mass is 9.88. The Morgan fingerprint density at radius 1 is 1.21 bits per heavy atom. The van der Waals surface area contributed by atoms with Gasteiger partial charge in [0.05, 0.1) is 25.1 Å². The average Bonchev–Trinajstić information content (AvgIpc) is 3.20. The molecule has 182 valence electrons. The molecule has 2 aromatic heterocycles. The van der Waals surface area contributed by atoms with Crippen LogP contribution in [-0.2, 0) is 6.61 Å². The SMILES string of the molecule is CN=C(C)/C(CCOc1c(-c2ccc3ncc(CO)n3c2)ccc(F)c1F)=C(\N)CC(C)(C)C. The third-order valence-corrected chi connectivity index (χ3v) is 5.58. The molecule has 0 aliphatic carbocycles. The van der Waals surface area contributed by atoms with Crippen molar-refractivity contribution in [1.82, 2.24) is 9.38 Å². The van der Waals surface area contributed by atoms with Gasteiger partial charge in [-0.05, 0) is 48.6 Å². The molecule has 34 heavy (non-hydrogen) atoms. The molecule has 0 aliphatic heterocycles. The van der Waals surface area contributed by atoms with Crippen LogP contribution in [0.15, 0.2) is 52.9 Å². The number of aliphatic hydroxyl groups is 1. The molecule has 0 radical (unpaired) electrons. The van der Waals surface area contributed by atoms with Crippen molar-refractivity contribution in [2.75, 3.05) is 13.7 Å². The van der Waals surface area contributed by atoms with Crippen molar-refractivity contribution in [1.29, 1.82) is 0 Å². The molecule has 3 aromatic rings. The van der Waals surface area contributed by atoms with Gasteiger partial charge in [0.1, 0.15) is 5.65 Å². The van der Waals surface area contributed by atoms with E-state index in [0.29, 0.717) is 41.0 Å². The first-order chi connectivity index (χ1) is 16.1. The first kappa shape index (κ1) is 25.4. The summed E-state index contributed by atoms with van der Waals surface area (Å²) in [5.41, 5.74) is 10.9. The lowest BCUT2D eigenvalue weighted by molar-refractivity contribution is 0.276. The van der Waals surface area contributed by atoms with Crippen LogP contribution in [-0.4, -0.2) is 33.9 Å². The minimum Gasteiger partial charge on any atom is -0.489 e. The highest BCUT2D eigenvalue weighted by molar-refractivity contribution is 5.98. The van der Waals surface area contributed by atoms with E-state index in [0.717, 1.165) is 17.4 Å². The molecule has 0 saturated heterocycles. The normalized spacial score (nSPS) is 13.4. The summed E-state index contributed by atoms with van der Waals surface area (Å²) in [6.45, 7) is 8.06. The molecule has 3 N–H and O–H groups in total. The largest absolute Gasteiger partial charge is 0.489 e. The van der Waals surface area contributed by atoms with Crippen molar-refractivity contribution in [3.63, 3.8) is 0 Å². The number of aromatic nitrogens is 2. The van der Waals surface area contributed by atoms with Crippen molar-refractivity contribution in [2.45, 2.75) is 47.1 Å². The fourth-order valence-electron chi connectivity index (χ4n) is 3.85.